The van der Waals surface area contributed by atoms with Gasteiger partial charge in [-0.3, -0.25) is 9.59 Å². The summed E-state index contributed by atoms with van der Waals surface area (Å²) in [7, 11) is 0. The molecule has 1 saturated heterocycles. The van der Waals surface area contributed by atoms with E-state index in [1.54, 1.807) is 0 Å². The second-order valence-electron chi connectivity index (χ2n) is 2.64. The van der Waals surface area contributed by atoms with Crippen LogP contribution in [0.3, 0.4) is 0 Å². The van der Waals surface area contributed by atoms with Gasteiger partial charge in [0.2, 0.25) is 0 Å². The topological polar surface area (TPSA) is 43.4 Å². The van der Waals surface area contributed by atoms with Gasteiger partial charge in [-0.25, -0.2) is 4.39 Å². The molecule has 3 nitrogen and oxygen atoms in total. The van der Waals surface area contributed by atoms with Gasteiger partial charge in [0.1, 0.15) is 6.17 Å². The lowest BCUT2D eigenvalue weighted by molar-refractivity contribution is -0.153. The number of hydrogen-bond acceptors (Lipinski definition) is 3. The average molecular weight is 172 g/mol. The van der Waals surface area contributed by atoms with Crippen molar-refractivity contribution in [2.45, 2.75) is 19.0 Å². The van der Waals surface area contributed by atoms with Crippen LogP contribution in [0.25, 0.3) is 0 Å². The van der Waals surface area contributed by atoms with E-state index in [0.29, 0.717) is 0 Å². The molecule has 0 aromatic carbocycles. The second kappa shape index (κ2) is 3.47. The summed E-state index contributed by atoms with van der Waals surface area (Å²) in [4.78, 5) is 21.3. The van der Waals surface area contributed by atoms with Gasteiger partial charge in [-0.2, -0.15) is 0 Å². The number of esters is 2. The molecule has 0 aromatic heterocycles. The van der Waals surface area contributed by atoms with Crippen molar-refractivity contribution in [3.8, 4) is 0 Å². The zero-order valence-corrected chi connectivity index (χ0v) is 6.46. The molecule has 1 aliphatic heterocycles. The molecular weight excluding hydrogens is 163 g/mol. The zero-order chi connectivity index (χ0) is 9.14. The fraction of sp³-hybridized carbons (Fsp3) is 0.500. The molecule has 0 spiro atoms. The SMILES string of the molecule is C=CCC(F)C1CC(=O)OC1=O. The van der Waals surface area contributed by atoms with Crippen LogP contribution >= 0.6 is 0 Å². The highest BCUT2D eigenvalue weighted by Crippen LogP contribution is 2.23. The van der Waals surface area contributed by atoms with Crippen LogP contribution in [0, 0.1) is 5.92 Å². The molecule has 12 heavy (non-hydrogen) atoms. The number of carbonyl (C=O) groups is 2. The fourth-order valence-corrected chi connectivity index (χ4v) is 1.09. The summed E-state index contributed by atoms with van der Waals surface area (Å²) in [5, 5.41) is 0. The van der Waals surface area contributed by atoms with E-state index in [2.05, 4.69) is 11.3 Å². The Morgan fingerprint density at radius 2 is 2.42 bits per heavy atom. The smallest absolute Gasteiger partial charge is 0.320 e. The van der Waals surface area contributed by atoms with Gasteiger partial charge < -0.3 is 4.74 Å². The first-order valence-electron chi connectivity index (χ1n) is 3.64. The van der Waals surface area contributed by atoms with Crippen LogP contribution in [0.4, 0.5) is 4.39 Å². The first-order valence-corrected chi connectivity index (χ1v) is 3.64. The van der Waals surface area contributed by atoms with Crippen molar-refractivity contribution in [1.82, 2.24) is 0 Å². The minimum Gasteiger partial charge on any atom is -0.393 e. The maximum atomic E-state index is 13.0. The predicted octanol–water partition coefficient (Wildman–Crippen LogP) is 0.990. The van der Waals surface area contributed by atoms with E-state index in [0.717, 1.165) is 0 Å². The minimum absolute atomic E-state index is 0.0764. The van der Waals surface area contributed by atoms with Crippen LogP contribution in [0.5, 0.6) is 0 Å². The van der Waals surface area contributed by atoms with Crippen LogP contribution in [0.1, 0.15) is 12.8 Å². The highest BCUT2D eigenvalue weighted by Gasteiger charge is 2.38. The number of cyclic esters (lactones) is 2. The van der Waals surface area contributed by atoms with Gasteiger partial charge >= 0.3 is 11.9 Å². The number of halogens is 1. The van der Waals surface area contributed by atoms with Crippen molar-refractivity contribution in [2.75, 3.05) is 0 Å². The molecule has 0 radical (unpaired) electrons. The summed E-state index contributed by atoms with van der Waals surface area (Å²) in [6.45, 7) is 3.34. The van der Waals surface area contributed by atoms with Gasteiger partial charge in [-0.1, -0.05) is 6.08 Å². The summed E-state index contributed by atoms with van der Waals surface area (Å²) in [5.41, 5.74) is 0. The first-order chi connectivity index (χ1) is 5.65. The highest BCUT2D eigenvalue weighted by molar-refractivity contribution is 5.94. The van der Waals surface area contributed by atoms with Gasteiger partial charge in [-0.05, 0) is 6.42 Å². The van der Waals surface area contributed by atoms with Crippen molar-refractivity contribution in [1.29, 1.82) is 0 Å². The number of allylic oxidation sites excluding steroid dienone is 1. The molecular formula is C8H9FO3. The third kappa shape index (κ3) is 1.69. The van der Waals surface area contributed by atoms with Crippen LogP contribution in [0.2, 0.25) is 0 Å². The molecule has 66 valence electrons. The van der Waals surface area contributed by atoms with Crippen molar-refractivity contribution in [3.05, 3.63) is 12.7 Å². The van der Waals surface area contributed by atoms with Gasteiger partial charge in [-0.15, -0.1) is 6.58 Å². The summed E-state index contributed by atoms with van der Waals surface area (Å²) in [6, 6.07) is 0. The summed E-state index contributed by atoms with van der Waals surface area (Å²) < 4.78 is 17.2. The van der Waals surface area contributed by atoms with E-state index in [1.807, 2.05) is 0 Å². The molecule has 0 aliphatic carbocycles. The lowest BCUT2D eigenvalue weighted by atomic mass is 10.00. The average Bonchev–Trinajstić information content (AvgIpc) is 2.30. The number of alkyl halides is 1. The Balaban J connectivity index is 2.57. The number of hydrogen-bond donors (Lipinski definition) is 0. The molecule has 1 rings (SSSR count). The second-order valence-corrected chi connectivity index (χ2v) is 2.64. The van der Waals surface area contributed by atoms with E-state index in [1.165, 1.54) is 6.08 Å². The molecule has 0 amide bonds. The highest BCUT2D eigenvalue weighted by atomic mass is 19.1. The third-order valence-corrected chi connectivity index (χ3v) is 1.73. The molecule has 0 aromatic rings. The molecule has 2 unspecified atom stereocenters. The van der Waals surface area contributed by atoms with Crippen molar-refractivity contribution in [3.63, 3.8) is 0 Å². The fourth-order valence-electron chi connectivity index (χ4n) is 1.09. The first kappa shape index (κ1) is 8.90. The van der Waals surface area contributed by atoms with E-state index >= 15 is 0 Å². The van der Waals surface area contributed by atoms with Gasteiger partial charge in [0.05, 0.1) is 12.3 Å². The summed E-state index contributed by atoms with van der Waals surface area (Å²) >= 11 is 0. The largest absolute Gasteiger partial charge is 0.393 e. The Morgan fingerprint density at radius 1 is 1.75 bits per heavy atom. The number of carbonyl (C=O) groups excluding carboxylic acids is 2. The Bertz CT molecular complexity index is 224. The quantitative estimate of drug-likeness (QED) is 0.362. The van der Waals surface area contributed by atoms with Crippen molar-refractivity contribution < 1.29 is 18.7 Å². The Kier molecular flexibility index (Phi) is 2.58. The van der Waals surface area contributed by atoms with Crippen molar-refractivity contribution in [2.24, 2.45) is 5.92 Å². The molecule has 0 N–H and O–H groups in total. The minimum atomic E-state index is -1.35. The number of ether oxygens (including phenoxy) is 1. The monoisotopic (exact) mass is 172 g/mol. The van der Waals surface area contributed by atoms with Gasteiger partial charge in [0.25, 0.3) is 0 Å². The zero-order valence-electron chi connectivity index (χ0n) is 6.46. The van der Waals surface area contributed by atoms with Gasteiger partial charge in [0, 0.05) is 0 Å². The predicted molar refractivity (Wildman–Crippen MR) is 38.9 cm³/mol. The van der Waals surface area contributed by atoms with E-state index in [-0.39, 0.29) is 12.8 Å². The summed E-state index contributed by atoms with van der Waals surface area (Å²) in [6.07, 6.45) is -0.0387. The molecule has 4 heteroatoms. The molecule has 2 atom stereocenters. The lowest BCUT2D eigenvalue weighted by Gasteiger charge is -2.07. The maximum Gasteiger partial charge on any atom is 0.320 e. The van der Waals surface area contributed by atoms with Crippen LogP contribution < -0.4 is 0 Å². The van der Waals surface area contributed by atoms with Crippen molar-refractivity contribution >= 4 is 11.9 Å². The standard InChI is InChI=1S/C8H9FO3/c1-2-3-6(9)5-4-7(10)12-8(5)11/h2,5-6H,1,3-4H2. The summed E-state index contributed by atoms with van der Waals surface area (Å²) in [5.74, 6) is -2.32. The normalized spacial score (nSPS) is 25.2. The Morgan fingerprint density at radius 3 is 2.83 bits per heavy atom. The molecule has 1 aliphatic rings. The molecule has 1 heterocycles. The van der Waals surface area contributed by atoms with E-state index < -0.39 is 24.0 Å². The molecule has 0 bridgehead atoms. The van der Waals surface area contributed by atoms with Crippen LogP contribution in [-0.4, -0.2) is 18.1 Å². The third-order valence-electron chi connectivity index (χ3n) is 1.73. The van der Waals surface area contributed by atoms with Crippen LogP contribution in [0.15, 0.2) is 12.7 Å². The molecule has 1 fully saturated rings. The van der Waals surface area contributed by atoms with E-state index in [9.17, 15) is 14.0 Å². The lowest BCUT2D eigenvalue weighted by Crippen LogP contribution is -2.19. The van der Waals surface area contributed by atoms with Crippen LogP contribution in [-0.2, 0) is 14.3 Å². The Labute approximate surface area is 69.2 Å². The Hall–Kier alpha value is -1.19. The number of rotatable bonds is 3. The molecule has 0 saturated carbocycles. The van der Waals surface area contributed by atoms with E-state index in [4.69, 9.17) is 0 Å². The maximum absolute atomic E-state index is 13.0. The van der Waals surface area contributed by atoms with Gasteiger partial charge in [0.15, 0.2) is 0 Å².